The zero-order chi connectivity index (χ0) is 19.5. The number of aryl methyl sites for hydroxylation is 2. The maximum absolute atomic E-state index is 12.7. The van der Waals surface area contributed by atoms with Gasteiger partial charge in [0.05, 0.1) is 0 Å². The molecule has 146 valence electrons. The van der Waals surface area contributed by atoms with Gasteiger partial charge in [-0.25, -0.2) is 0 Å². The van der Waals surface area contributed by atoms with Crippen molar-refractivity contribution in [1.29, 1.82) is 0 Å². The molecule has 0 bridgehead atoms. The Morgan fingerprint density at radius 3 is 2.86 bits per heavy atom. The van der Waals surface area contributed by atoms with Crippen molar-refractivity contribution in [2.75, 3.05) is 6.54 Å². The number of benzene rings is 1. The van der Waals surface area contributed by atoms with E-state index in [1.165, 1.54) is 11.3 Å². The van der Waals surface area contributed by atoms with Crippen LogP contribution in [0.3, 0.4) is 0 Å². The topological polar surface area (TPSA) is 92.5 Å². The maximum Gasteiger partial charge on any atom is 0.243 e. The van der Waals surface area contributed by atoms with Crippen LogP contribution in [-0.4, -0.2) is 49.1 Å². The van der Waals surface area contributed by atoms with E-state index in [9.17, 15) is 9.59 Å². The minimum absolute atomic E-state index is 0.0000448. The summed E-state index contributed by atoms with van der Waals surface area (Å²) >= 11 is 1.44. The molecular weight excluding hydrogens is 376 g/mol. The highest BCUT2D eigenvalue weighted by atomic mass is 32.1. The van der Waals surface area contributed by atoms with Crippen LogP contribution in [0.1, 0.15) is 35.7 Å². The number of carbonyl (C=O) groups excluding carboxylic acids is 2. The van der Waals surface area contributed by atoms with Crippen LogP contribution >= 0.6 is 11.3 Å². The van der Waals surface area contributed by atoms with Crippen molar-refractivity contribution >= 4 is 28.1 Å². The molecule has 0 saturated carbocycles. The molecule has 1 saturated heterocycles. The lowest BCUT2D eigenvalue weighted by molar-refractivity contribution is -0.138. The lowest BCUT2D eigenvalue weighted by Crippen LogP contribution is -2.45. The normalized spacial score (nSPS) is 16.6. The zero-order valence-electron chi connectivity index (χ0n) is 15.7. The van der Waals surface area contributed by atoms with Crippen LogP contribution in [0.4, 0.5) is 0 Å². The van der Waals surface area contributed by atoms with Gasteiger partial charge in [0.15, 0.2) is 5.82 Å². The number of hydrogen-bond donors (Lipinski definition) is 1. The van der Waals surface area contributed by atoms with E-state index >= 15 is 0 Å². The third-order valence-electron chi connectivity index (χ3n) is 4.93. The van der Waals surface area contributed by atoms with Crippen molar-refractivity contribution in [3.05, 3.63) is 46.7 Å². The summed E-state index contributed by atoms with van der Waals surface area (Å²) < 4.78 is 1.69. The Morgan fingerprint density at radius 2 is 2.07 bits per heavy atom. The van der Waals surface area contributed by atoms with E-state index in [0.717, 1.165) is 27.8 Å². The van der Waals surface area contributed by atoms with Crippen LogP contribution in [0.25, 0.3) is 4.96 Å². The molecule has 1 aliphatic rings. The Labute approximate surface area is 166 Å². The zero-order valence-corrected chi connectivity index (χ0v) is 16.5. The Morgan fingerprint density at radius 1 is 1.25 bits per heavy atom. The quantitative estimate of drug-likeness (QED) is 0.683. The smallest absolute Gasteiger partial charge is 0.243 e. The van der Waals surface area contributed by atoms with E-state index in [1.54, 1.807) is 9.42 Å². The molecule has 9 heteroatoms. The first-order valence-electron chi connectivity index (χ1n) is 9.40. The highest BCUT2D eigenvalue weighted by Gasteiger charge is 2.33. The fraction of sp³-hybridized carbons (Fsp3) is 0.421. The number of rotatable bonds is 6. The molecule has 3 aromatic rings. The predicted octanol–water partition coefficient (Wildman–Crippen LogP) is 1.73. The number of nitrogens with zero attached hydrogens (tertiary/aromatic N) is 5. The SMILES string of the molecule is Cc1nnc2sc(CCC(=O)N3CCCC3C(=O)NCc3ccccc3)nn12. The molecule has 1 aliphatic heterocycles. The fourth-order valence-electron chi connectivity index (χ4n) is 3.45. The summed E-state index contributed by atoms with van der Waals surface area (Å²) in [5.74, 6) is 0.655. The van der Waals surface area contributed by atoms with Gasteiger partial charge in [-0.15, -0.1) is 10.2 Å². The van der Waals surface area contributed by atoms with Gasteiger partial charge < -0.3 is 10.2 Å². The maximum atomic E-state index is 12.7. The first-order chi connectivity index (χ1) is 13.6. The van der Waals surface area contributed by atoms with Crippen LogP contribution in [0.15, 0.2) is 30.3 Å². The van der Waals surface area contributed by atoms with Crippen LogP contribution in [0.2, 0.25) is 0 Å². The summed E-state index contributed by atoms with van der Waals surface area (Å²) in [5.41, 5.74) is 1.05. The summed E-state index contributed by atoms with van der Waals surface area (Å²) in [6, 6.07) is 9.40. The number of fused-ring (bicyclic) bond motifs is 1. The second kappa shape index (κ2) is 8.05. The standard InChI is InChI=1S/C19H22N6O2S/c1-13-21-22-19-25(13)23-16(28-19)9-10-17(26)24-11-5-8-15(24)18(27)20-12-14-6-3-2-4-7-14/h2-4,6-7,15H,5,8-12H2,1H3,(H,20,27). The molecule has 1 aromatic carbocycles. The molecule has 2 amide bonds. The third-order valence-corrected chi connectivity index (χ3v) is 5.89. The van der Waals surface area contributed by atoms with Gasteiger partial charge in [-0.2, -0.15) is 9.61 Å². The monoisotopic (exact) mass is 398 g/mol. The van der Waals surface area contributed by atoms with E-state index in [0.29, 0.717) is 32.4 Å². The summed E-state index contributed by atoms with van der Waals surface area (Å²) in [6.45, 7) is 2.95. The first-order valence-corrected chi connectivity index (χ1v) is 10.2. The van der Waals surface area contributed by atoms with E-state index in [2.05, 4.69) is 20.6 Å². The van der Waals surface area contributed by atoms with Crippen molar-refractivity contribution in [2.45, 2.75) is 45.2 Å². The van der Waals surface area contributed by atoms with Crippen molar-refractivity contribution < 1.29 is 9.59 Å². The van der Waals surface area contributed by atoms with Crippen LogP contribution in [0, 0.1) is 6.92 Å². The van der Waals surface area contributed by atoms with E-state index in [1.807, 2.05) is 37.3 Å². The molecular formula is C19H22N6O2S. The lowest BCUT2D eigenvalue weighted by atomic mass is 10.1. The number of carbonyl (C=O) groups is 2. The van der Waals surface area contributed by atoms with E-state index < -0.39 is 0 Å². The summed E-state index contributed by atoms with van der Waals surface area (Å²) in [6.07, 6.45) is 2.44. The first kappa shape index (κ1) is 18.5. The second-order valence-corrected chi connectivity index (χ2v) is 7.93. The number of hydrogen-bond acceptors (Lipinski definition) is 6. The number of aromatic nitrogens is 4. The van der Waals surface area contributed by atoms with Crippen LogP contribution in [0.5, 0.6) is 0 Å². The van der Waals surface area contributed by atoms with Gasteiger partial charge in [0.2, 0.25) is 16.8 Å². The molecule has 1 N–H and O–H groups in total. The molecule has 4 rings (SSSR count). The fourth-order valence-corrected chi connectivity index (χ4v) is 4.33. The van der Waals surface area contributed by atoms with Crippen LogP contribution < -0.4 is 5.32 Å². The average Bonchev–Trinajstić information content (AvgIpc) is 3.43. The Hall–Kier alpha value is -2.81. The van der Waals surface area contributed by atoms with Gasteiger partial charge >= 0.3 is 0 Å². The van der Waals surface area contributed by atoms with Gasteiger partial charge in [0.25, 0.3) is 0 Å². The van der Waals surface area contributed by atoms with Gasteiger partial charge in [0, 0.05) is 25.9 Å². The number of amides is 2. The third kappa shape index (κ3) is 3.89. The Kier molecular flexibility index (Phi) is 5.34. The summed E-state index contributed by atoms with van der Waals surface area (Å²) in [4.78, 5) is 27.8. The summed E-state index contributed by atoms with van der Waals surface area (Å²) in [7, 11) is 0. The van der Waals surface area contributed by atoms with Gasteiger partial charge in [-0.05, 0) is 25.3 Å². The molecule has 2 aromatic heterocycles. The van der Waals surface area contributed by atoms with Crippen molar-refractivity contribution in [3.63, 3.8) is 0 Å². The molecule has 0 radical (unpaired) electrons. The highest BCUT2D eigenvalue weighted by molar-refractivity contribution is 7.16. The van der Waals surface area contributed by atoms with Gasteiger partial charge in [0.1, 0.15) is 11.0 Å². The van der Waals surface area contributed by atoms with E-state index in [-0.39, 0.29) is 17.9 Å². The molecule has 1 fully saturated rings. The highest BCUT2D eigenvalue weighted by Crippen LogP contribution is 2.21. The van der Waals surface area contributed by atoms with Crippen molar-refractivity contribution in [2.24, 2.45) is 0 Å². The van der Waals surface area contributed by atoms with Gasteiger partial charge in [-0.1, -0.05) is 41.7 Å². The van der Waals surface area contributed by atoms with Gasteiger partial charge in [-0.3, -0.25) is 9.59 Å². The van der Waals surface area contributed by atoms with Crippen LogP contribution in [-0.2, 0) is 22.6 Å². The predicted molar refractivity (Wildman–Crippen MR) is 105 cm³/mol. The Balaban J connectivity index is 1.32. The molecule has 0 spiro atoms. The number of likely N-dealkylation sites (tertiary alicyclic amines) is 1. The minimum atomic E-state index is -0.378. The molecule has 1 atom stereocenters. The average molecular weight is 398 g/mol. The number of nitrogens with one attached hydrogen (secondary N) is 1. The lowest BCUT2D eigenvalue weighted by Gasteiger charge is -2.24. The van der Waals surface area contributed by atoms with E-state index in [4.69, 9.17) is 0 Å². The Bertz CT molecular complexity index is 983. The molecule has 0 aliphatic carbocycles. The summed E-state index contributed by atoms with van der Waals surface area (Å²) in [5, 5.41) is 16.3. The van der Waals surface area contributed by atoms with Crippen molar-refractivity contribution in [1.82, 2.24) is 30.0 Å². The molecule has 8 nitrogen and oxygen atoms in total. The van der Waals surface area contributed by atoms with Crippen molar-refractivity contribution in [3.8, 4) is 0 Å². The molecule has 28 heavy (non-hydrogen) atoms. The second-order valence-electron chi connectivity index (χ2n) is 6.89. The molecule has 3 heterocycles. The largest absolute Gasteiger partial charge is 0.350 e. The minimum Gasteiger partial charge on any atom is -0.350 e. The molecule has 1 unspecified atom stereocenters.